The Bertz CT molecular complexity index is 1170. The highest BCUT2D eigenvalue weighted by molar-refractivity contribution is 7.09. The topological polar surface area (TPSA) is 81.0 Å². The summed E-state index contributed by atoms with van der Waals surface area (Å²) in [6.07, 6.45) is 2.69. The molecule has 1 atom stereocenters. The minimum atomic E-state index is -0.0519. The number of thiazole rings is 1. The number of rotatable bonds is 8. The van der Waals surface area contributed by atoms with Gasteiger partial charge < -0.3 is 15.0 Å². The van der Waals surface area contributed by atoms with Crippen LogP contribution in [0, 0.1) is 13.8 Å². The van der Waals surface area contributed by atoms with E-state index in [9.17, 15) is 0 Å². The molecule has 4 rings (SSSR count). The zero-order valence-electron chi connectivity index (χ0n) is 18.5. The van der Waals surface area contributed by atoms with E-state index in [1.807, 2.05) is 73.6 Å². The molecule has 0 aliphatic carbocycles. The number of ether oxygens (including phenoxy) is 1. The summed E-state index contributed by atoms with van der Waals surface area (Å²) in [5, 5.41) is 17.8. The van der Waals surface area contributed by atoms with Crippen molar-refractivity contribution >= 4 is 28.1 Å². The number of hydrogen-bond donors (Lipinski definition) is 1. The van der Waals surface area contributed by atoms with Gasteiger partial charge in [-0.25, -0.2) is 4.68 Å². The minimum absolute atomic E-state index is 0.0519. The van der Waals surface area contributed by atoms with Gasteiger partial charge in [-0.05, 0) is 39.6 Å². The first-order valence-electron chi connectivity index (χ1n) is 10.2. The molecule has 0 spiro atoms. The molecule has 1 unspecified atom stereocenters. The molecule has 162 valence electrons. The Hall–Kier alpha value is -3.04. The molecule has 0 aliphatic heterocycles. The van der Waals surface area contributed by atoms with Crippen molar-refractivity contribution in [1.82, 2.24) is 30.3 Å². The number of hydrogen-bond acceptors (Lipinski definition) is 8. The second kappa shape index (κ2) is 8.99. The van der Waals surface area contributed by atoms with Crippen molar-refractivity contribution in [2.75, 3.05) is 32.6 Å². The lowest BCUT2D eigenvalue weighted by Gasteiger charge is -2.18. The molecule has 1 N–H and O–H groups in total. The van der Waals surface area contributed by atoms with Gasteiger partial charge in [-0.1, -0.05) is 6.07 Å². The van der Waals surface area contributed by atoms with Crippen LogP contribution in [0.1, 0.15) is 28.8 Å². The van der Waals surface area contributed by atoms with Crippen LogP contribution in [-0.2, 0) is 0 Å². The summed E-state index contributed by atoms with van der Waals surface area (Å²) >= 11 is 1.61. The van der Waals surface area contributed by atoms with Crippen LogP contribution in [0.5, 0.6) is 5.75 Å². The smallest absolute Gasteiger partial charge is 0.179 e. The molecule has 31 heavy (non-hydrogen) atoms. The molecule has 0 amide bonds. The van der Waals surface area contributed by atoms with Crippen LogP contribution >= 0.6 is 11.3 Å². The maximum absolute atomic E-state index is 6.38. The van der Waals surface area contributed by atoms with Crippen molar-refractivity contribution in [3.63, 3.8) is 0 Å². The van der Waals surface area contributed by atoms with E-state index in [0.717, 1.165) is 57.4 Å². The molecule has 0 bridgehead atoms. The molecule has 3 heterocycles. The van der Waals surface area contributed by atoms with Gasteiger partial charge in [0.25, 0.3) is 0 Å². The fourth-order valence-electron chi connectivity index (χ4n) is 3.64. The highest BCUT2D eigenvalue weighted by Gasteiger charge is 2.19. The lowest BCUT2D eigenvalue weighted by atomic mass is 10.2. The predicted octanol–water partition coefficient (Wildman–Crippen LogP) is 3.68. The van der Waals surface area contributed by atoms with E-state index in [1.165, 1.54) is 0 Å². The molecular formula is C22H27N7OS. The number of aromatic nitrogens is 5. The standard InChI is InChI=1S/C22H27N7OS/c1-14-20-15(2)29(27-21(20)22(26-25-14)28(4)5)16-7-6-8-17(11-16)30-18(9-10-23-3)19-12-24-13-31-19/h6-8,11-13,18,23H,9-10H2,1-5H3. The largest absolute Gasteiger partial charge is 0.485 e. The Morgan fingerprint density at radius 1 is 1.23 bits per heavy atom. The second-order valence-electron chi connectivity index (χ2n) is 7.62. The molecule has 0 saturated carbocycles. The number of anilines is 1. The van der Waals surface area contributed by atoms with Crippen LogP contribution in [0.3, 0.4) is 0 Å². The van der Waals surface area contributed by atoms with Crippen molar-refractivity contribution in [3.05, 3.63) is 52.2 Å². The van der Waals surface area contributed by atoms with Crippen molar-refractivity contribution < 1.29 is 4.74 Å². The Labute approximate surface area is 185 Å². The average molecular weight is 438 g/mol. The third-order valence-electron chi connectivity index (χ3n) is 5.17. The van der Waals surface area contributed by atoms with Crippen molar-refractivity contribution in [2.45, 2.75) is 26.4 Å². The summed E-state index contributed by atoms with van der Waals surface area (Å²) in [7, 11) is 5.85. The Balaban J connectivity index is 1.71. The fourth-order valence-corrected chi connectivity index (χ4v) is 4.32. The molecule has 9 heteroatoms. The van der Waals surface area contributed by atoms with Gasteiger partial charge >= 0.3 is 0 Å². The first kappa shape index (κ1) is 21.2. The maximum Gasteiger partial charge on any atom is 0.179 e. The third-order valence-corrected chi connectivity index (χ3v) is 6.04. The van der Waals surface area contributed by atoms with Crippen LogP contribution in [0.15, 0.2) is 36.0 Å². The van der Waals surface area contributed by atoms with E-state index in [0.29, 0.717) is 0 Å². The summed E-state index contributed by atoms with van der Waals surface area (Å²) in [6.45, 7) is 4.89. The minimum Gasteiger partial charge on any atom is -0.485 e. The number of benzene rings is 1. The van der Waals surface area contributed by atoms with E-state index in [-0.39, 0.29) is 6.10 Å². The van der Waals surface area contributed by atoms with E-state index >= 15 is 0 Å². The lowest BCUT2D eigenvalue weighted by Crippen LogP contribution is -2.15. The first-order chi connectivity index (χ1) is 15.0. The van der Waals surface area contributed by atoms with Crippen LogP contribution in [0.2, 0.25) is 0 Å². The SMILES string of the molecule is CNCCC(Oc1cccc(-n2nc3c(N(C)C)nnc(C)c3c2C)c1)c1cncs1. The molecule has 8 nitrogen and oxygen atoms in total. The first-order valence-corrected chi connectivity index (χ1v) is 11.1. The van der Waals surface area contributed by atoms with E-state index in [1.54, 1.807) is 11.3 Å². The van der Waals surface area contributed by atoms with Gasteiger partial charge in [0.2, 0.25) is 0 Å². The number of nitrogens with zero attached hydrogens (tertiary/aromatic N) is 6. The van der Waals surface area contributed by atoms with Gasteiger partial charge in [0, 0.05) is 32.8 Å². The summed E-state index contributed by atoms with van der Waals surface area (Å²) in [5.74, 6) is 1.55. The lowest BCUT2D eigenvalue weighted by molar-refractivity contribution is 0.198. The highest BCUT2D eigenvalue weighted by atomic mass is 32.1. The van der Waals surface area contributed by atoms with Gasteiger partial charge in [0.15, 0.2) is 5.82 Å². The van der Waals surface area contributed by atoms with Gasteiger partial charge in [-0.3, -0.25) is 4.98 Å². The quantitative estimate of drug-likeness (QED) is 0.450. The molecule has 3 aromatic heterocycles. The van der Waals surface area contributed by atoms with E-state index in [4.69, 9.17) is 9.84 Å². The normalized spacial score (nSPS) is 12.3. The summed E-state index contributed by atoms with van der Waals surface area (Å²) < 4.78 is 8.32. The molecule has 4 aromatic rings. The summed E-state index contributed by atoms with van der Waals surface area (Å²) in [5.41, 5.74) is 5.52. The zero-order chi connectivity index (χ0) is 22.0. The summed E-state index contributed by atoms with van der Waals surface area (Å²) in [4.78, 5) is 7.27. The zero-order valence-corrected chi connectivity index (χ0v) is 19.3. The monoisotopic (exact) mass is 437 g/mol. The Morgan fingerprint density at radius 3 is 2.77 bits per heavy atom. The average Bonchev–Trinajstić information content (AvgIpc) is 3.40. The van der Waals surface area contributed by atoms with Gasteiger partial charge in [-0.15, -0.1) is 16.4 Å². The molecule has 0 aliphatic rings. The van der Waals surface area contributed by atoms with Crippen LogP contribution in [0.25, 0.3) is 16.6 Å². The molecule has 0 fully saturated rings. The number of aryl methyl sites for hydroxylation is 2. The second-order valence-corrected chi connectivity index (χ2v) is 8.54. The van der Waals surface area contributed by atoms with E-state index in [2.05, 4.69) is 27.4 Å². The van der Waals surface area contributed by atoms with Crippen LogP contribution in [0.4, 0.5) is 5.82 Å². The van der Waals surface area contributed by atoms with Gasteiger partial charge in [-0.2, -0.15) is 10.2 Å². The number of fused-ring (bicyclic) bond motifs is 1. The van der Waals surface area contributed by atoms with E-state index < -0.39 is 0 Å². The fraction of sp³-hybridized carbons (Fsp3) is 0.364. The van der Waals surface area contributed by atoms with Crippen molar-refractivity contribution in [3.8, 4) is 11.4 Å². The maximum atomic E-state index is 6.38. The van der Waals surface area contributed by atoms with Crippen molar-refractivity contribution in [2.24, 2.45) is 0 Å². The van der Waals surface area contributed by atoms with Gasteiger partial charge in [0.1, 0.15) is 17.4 Å². The van der Waals surface area contributed by atoms with Crippen LogP contribution < -0.4 is 15.0 Å². The molecule has 1 aromatic carbocycles. The predicted molar refractivity (Wildman–Crippen MR) is 124 cm³/mol. The Kier molecular flexibility index (Phi) is 6.15. The Morgan fingerprint density at radius 2 is 2.06 bits per heavy atom. The molecule has 0 saturated heterocycles. The van der Waals surface area contributed by atoms with Gasteiger partial charge in [0.05, 0.1) is 32.8 Å². The molecular weight excluding hydrogens is 410 g/mol. The number of nitrogens with one attached hydrogen (secondary N) is 1. The molecule has 0 radical (unpaired) electrons. The van der Waals surface area contributed by atoms with Crippen LogP contribution in [-0.4, -0.2) is 52.6 Å². The highest BCUT2D eigenvalue weighted by Crippen LogP contribution is 2.31. The van der Waals surface area contributed by atoms with Crippen molar-refractivity contribution in [1.29, 1.82) is 0 Å². The third kappa shape index (κ3) is 4.24. The summed E-state index contributed by atoms with van der Waals surface area (Å²) in [6, 6.07) is 8.04.